The van der Waals surface area contributed by atoms with Crippen LogP contribution in [0.25, 0.3) is 0 Å². The Hall–Kier alpha value is -6.77. The first-order valence-corrected chi connectivity index (χ1v) is 23.3. The number of nitrogens with zero attached hydrogens (tertiary/aromatic N) is 2. The van der Waals surface area contributed by atoms with Gasteiger partial charge >= 0.3 is 5.97 Å². The molecule has 69 heavy (non-hydrogen) atoms. The third kappa shape index (κ3) is 18.3. The lowest BCUT2D eigenvalue weighted by Crippen LogP contribution is -2.30. The Morgan fingerprint density at radius 1 is 0.464 bits per heavy atom. The largest absolute Gasteiger partial charge is 0.487 e. The molecular weight excluding hydrogens is 877 g/mol. The van der Waals surface area contributed by atoms with Gasteiger partial charge in [-0.25, -0.2) is 4.79 Å². The van der Waals surface area contributed by atoms with Crippen molar-refractivity contribution in [1.82, 2.24) is 9.88 Å². The van der Waals surface area contributed by atoms with E-state index in [1.807, 2.05) is 110 Å². The number of benzene rings is 5. The Labute approximate surface area is 406 Å². The lowest BCUT2D eigenvalue weighted by molar-refractivity contribution is 0.0223. The zero-order chi connectivity index (χ0) is 48.5. The Morgan fingerprint density at radius 3 is 1.30 bits per heavy atom. The van der Waals surface area contributed by atoms with Crippen molar-refractivity contribution in [2.45, 2.75) is 47.4 Å². The lowest BCUT2D eigenvalue weighted by Gasteiger charge is -2.24. The summed E-state index contributed by atoms with van der Waals surface area (Å²) in [6, 6.07) is 38.6. The molecule has 0 fully saturated rings. The Kier molecular flexibility index (Phi) is 21.3. The fourth-order valence-corrected chi connectivity index (χ4v) is 7.40. The van der Waals surface area contributed by atoms with Gasteiger partial charge in [0.15, 0.2) is 23.0 Å². The highest BCUT2D eigenvalue weighted by molar-refractivity contribution is 5.93. The summed E-state index contributed by atoms with van der Waals surface area (Å²) in [6.45, 7) is 14.7. The van der Waals surface area contributed by atoms with E-state index in [0.29, 0.717) is 126 Å². The van der Waals surface area contributed by atoms with Gasteiger partial charge in [0.25, 0.3) is 5.91 Å². The van der Waals surface area contributed by atoms with Crippen LogP contribution in [0.5, 0.6) is 23.0 Å². The van der Waals surface area contributed by atoms with Crippen molar-refractivity contribution >= 4 is 11.9 Å². The first-order valence-electron chi connectivity index (χ1n) is 23.3. The number of amides is 1. The summed E-state index contributed by atoms with van der Waals surface area (Å²) in [5, 5.41) is 0. The molecule has 5 aromatic carbocycles. The van der Waals surface area contributed by atoms with Crippen LogP contribution in [-0.4, -0.2) is 101 Å². The van der Waals surface area contributed by atoms with Gasteiger partial charge in [-0.05, 0) is 92.9 Å². The number of para-hydroxylation sites is 4. The zero-order valence-electron chi connectivity index (χ0n) is 40.2. The van der Waals surface area contributed by atoms with Crippen LogP contribution in [0, 0.1) is 27.7 Å². The molecule has 2 heterocycles. The van der Waals surface area contributed by atoms with Crippen molar-refractivity contribution in [1.29, 1.82) is 0 Å². The van der Waals surface area contributed by atoms with Gasteiger partial charge < -0.3 is 47.5 Å². The summed E-state index contributed by atoms with van der Waals surface area (Å²) in [5.41, 5.74) is 8.49. The highest BCUT2D eigenvalue weighted by Crippen LogP contribution is 2.27. The number of rotatable bonds is 8. The summed E-state index contributed by atoms with van der Waals surface area (Å²) < 4.78 is 50.9. The van der Waals surface area contributed by atoms with Crippen molar-refractivity contribution in [3.63, 3.8) is 0 Å². The van der Waals surface area contributed by atoms with Crippen molar-refractivity contribution < 1.29 is 52.2 Å². The van der Waals surface area contributed by atoms with Gasteiger partial charge in [0.2, 0.25) is 0 Å². The molecule has 7 rings (SSSR count). The first kappa shape index (κ1) is 51.6. The number of hydrogen-bond acceptors (Lipinski definition) is 12. The maximum absolute atomic E-state index is 13.4. The molecule has 0 unspecified atom stereocenters. The number of carbonyl (C=O) groups excluding carboxylic acids is 2. The molecule has 0 aliphatic carbocycles. The topological polar surface area (TPSA) is 133 Å². The molecular formula is C56H64N2O11. The molecule has 0 radical (unpaired) electrons. The molecule has 364 valence electrons. The Bertz CT molecular complexity index is 2320. The molecule has 0 N–H and O–H groups in total. The number of pyridine rings is 1. The summed E-state index contributed by atoms with van der Waals surface area (Å²) >= 11 is 0. The van der Waals surface area contributed by atoms with Crippen LogP contribution in [0.4, 0.5) is 0 Å². The van der Waals surface area contributed by atoms with Crippen molar-refractivity contribution in [2.75, 3.05) is 79.3 Å². The molecule has 1 aromatic heterocycles. The minimum absolute atomic E-state index is 0.0706. The van der Waals surface area contributed by atoms with Crippen LogP contribution in [0.1, 0.15) is 59.7 Å². The summed E-state index contributed by atoms with van der Waals surface area (Å²) in [7, 11) is 0. The minimum Gasteiger partial charge on any atom is -0.487 e. The summed E-state index contributed by atoms with van der Waals surface area (Å²) in [5.74, 6) is 2.33. The first-order chi connectivity index (χ1) is 33.7. The predicted molar refractivity (Wildman–Crippen MR) is 263 cm³/mol. The van der Waals surface area contributed by atoms with Gasteiger partial charge in [0.1, 0.15) is 33.0 Å². The standard InChI is InChI=1S/C32H32N2O3.C24H32O8/c1-22-12-23(2)15-28(14-22)20-34(31(35)29-6-5-11-33-18-29)19-26-7-9-27(10-8-26)21-37-32(36)30-16-24(3)13-25(4)17-30;1-2-6-22-21(5-1)29-17-13-25-9-10-27-15-19-31-23-7-3-4-8-24(23)32-20-16-28-12-11-26-14-18-30-22/h5-18H,19-21H2,1-4H3;1-8H,9-20H2. The molecule has 1 amide bonds. The average Bonchev–Trinajstić information content (AvgIpc) is 3.34. The molecule has 6 aromatic rings. The SMILES string of the molecule is Cc1cc(C)cc(CN(Cc2ccc(COC(=O)c3cc(C)cc(C)c3)cc2)C(=O)c2cccnc2)c1.c1ccc2c(c1)OCCOCCOCCOc1ccccc1OCCOCCOCCO2. The van der Waals surface area contributed by atoms with E-state index < -0.39 is 0 Å². The van der Waals surface area contributed by atoms with Gasteiger partial charge in [0.05, 0.1) is 64.0 Å². The highest BCUT2D eigenvalue weighted by Gasteiger charge is 2.18. The van der Waals surface area contributed by atoms with Gasteiger partial charge in [0, 0.05) is 25.5 Å². The predicted octanol–water partition coefficient (Wildman–Crippen LogP) is 9.50. The number of ether oxygens (including phenoxy) is 9. The minimum atomic E-state index is -0.336. The Balaban J connectivity index is 0.000000229. The average molecular weight is 941 g/mol. The van der Waals surface area contributed by atoms with Gasteiger partial charge in [-0.2, -0.15) is 0 Å². The van der Waals surface area contributed by atoms with E-state index in [9.17, 15) is 9.59 Å². The van der Waals surface area contributed by atoms with Crippen molar-refractivity contribution in [3.8, 4) is 23.0 Å². The molecule has 0 bridgehead atoms. The van der Waals surface area contributed by atoms with Crippen molar-refractivity contribution in [3.05, 3.63) is 184 Å². The normalized spacial score (nSPS) is 14.2. The van der Waals surface area contributed by atoms with E-state index in [0.717, 1.165) is 27.8 Å². The van der Waals surface area contributed by atoms with Crippen molar-refractivity contribution in [2.24, 2.45) is 0 Å². The van der Waals surface area contributed by atoms with Crippen LogP contribution in [0.2, 0.25) is 0 Å². The maximum atomic E-state index is 13.4. The zero-order valence-corrected chi connectivity index (χ0v) is 40.2. The molecule has 1 aliphatic rings. The van der Waals surface area contributed by atoms with Crippen LogP contribution in [0.15, 0.2) is 134 Å². The van der Waals surface area contributed by atoms with Crippen LogP contribution in [0.3, 0.4) is 0 Å². The molecule has 0 atom stereocenters. The highest BCUT2D eigenvalue weighted by atomic mass is 16.6. The smallest absolute Gasteiger partial charge is 0.338 e. The Morgan fingerprint density at radius 2 is 0.870 bits per heavy atom. The molecule has 13 nitrogen and oxygen atoms in total. The van der Waals surface area contributed by atoms with E-state index in [4.69, 9.17) is 42.6 Å². The number of aromatic nitrogens is 1. The number of hydrogen-bond donors (Lipinski definition) is 0. The quantitative estimate of drug-likeness (QED) is 0.135. The third-order valence-electron chi connectivity index (χ3n) is 10.5. The van der Waals surface area contributed by atoms with Crippen LogP contribution < -0.4 is 18.9 Å². The second kappa shape index (κ2) is 28.5. The monoisotopic (exact) mass is 940 g/mol. The second-order valence-electron chi connectivity index (χ2n) is 16.4. The molecule has 0 saturated heterocycles. The van der Waals surface area contributed by atoms with Gasteiger partial charge in [-0.3, -0.25) is 9.78 Å². The van der Waals surface area contributed by atoms with E-state index >= 15 is 0 Å². The van der Waals surface area contributed by atoms with E-state index in [1.54, 1.807) is 24.5 Å². The van der Waals surface area contributed by atoms with E-state index in [2.05, 4.69) is 37.0 Å². The number of esters is 1. The van der Waals surface area contributed by atoms with E-state index in [1.165, 1.54) is 11.1 Å². The molecule has 0 spiro atoms. The fraction of sp³-hybridized carbons (Fsp3) is 0.339. The van der Waals surface area contributed by atoms with Crippen LogP contribution in [-0.2, 0) is 43.4 Å². The second-order valence-corrected chi connectivity index (χ2v) is 16.4. The van der Waals surface area contributed by atoms with Gasteiger partial charge in [-0.1, -0.05) is 95.1 Å². The maximum Gasteiger partial charge on any atom is 0.338 e. The van der Waals surface area contributed by atoms with E-state index in [-0.39, 0.29) is 18.5 Å². The lowest BCUT2D eigenvalue weighted by atomic mass is 10.1. The number of aryl methyl sites for hydroxylation is 4. The molecule has 0 saturated carbocycles. The summed E-state index contributed by atoms with van der Waals surface area (Å²) in [4.78, 5) is 31.8. The van der Waals surface area contributed by atoms with Gasteiger partial charge in [-0.15, -0.1) is 0 Å². The number of carbonyl (C=O) groups is 2. The third-order valence-corrected chi connectivity index (χ3v) is 10.5. The molecule has 13 heteroatoms. The number of fused-ring (bicyclic) bond motifs is 2. The molecule has 1 aliphatic heterocycles. The summed E-state index contributed by atoms with van der Waals surface area (Å²) in [6.07, 6.45) is 3.26. The fourth-order valence-electron chi connectivity index (χ4n) is 7.40. The van der Waals surface area contributed by atoms with Crippen LogP contribution >= 0.6 is 0 Å².